The van der Waals surface area contributed by atoms with E-state index in [2.05, 4.69) is 34.7 Å². The molecule has 0 aliphatic carbocycles. The first kappa shape index (κ1) is 24.9. The lowest BCUT2D eigenvalue weighted by Gasteiger charge is -2.24. The molecule has 30 heavy (non-hydrogen) atoms. The largest absolute Gasteiger partial charge is 0.494 e. The fraction of sp³-hybridized carbons (Fsp3) is 0.333. The molecule has 0 aliphatic rings. The molecular weight excluding hydrogens is 509 g/mol. The Kier molecular flexibility index (Phi) is 9.37. The van der Waals surface area contributed by atoms with Gasteiger partial charge in [0, 0.05) is 23.1 Å². The van der Waals surface area contributed by atoms with E-state index in [0.717, 1.165) is 28.8 Å². The van der Waals surface area contributed by atoms with Crippen molar-refractivity contribution >= 4 is 72.5 Å². The van der Waals surface area contributed by atoms with Crippen LogP contribution < -0.4 is 9.64 Å². The zero-order valence-electron chi connectivity index (χ0n) is 17.0. The molecule has 0 bridgehead atoms. The van der Waals surface area contributed by atoms with Crippen molar-refractivity contribution in [2.75, 3.05) is 38.2 Å². The quantitative estimate of drug-likeness (QED) is 0.350. The smallest absolute Gasteiger partial charge is 0.260 e. The number of hydrogen-bond acceptors (Lipinski definition) is 5. The molecule has 1 heterocycles. The maximum Gasteiger partial charge on any atom is 0.260 e. The second-order valence-electron chi connectivity index (χ2n) is 6.42. The van der Waals surface area contributed by atoms with Crippen LogP contribution in [0.1, 0.15) is 24.2 Å². The van der Waals surface area contributed by atoms with Gasteiger partial charge in [-0.25, -0.2) is 4.98 Å². The predicted octanol–water partition coefficient (Wildman–Crippen LogP) is 6.13. The van der Waals surface area contributed by atoms with Crippen molar-refractivity contribution in [3.63, 3.8) is 0 Å². The Labute approximate surface area is 200 Å². The summed E-state index contributed by atoms with van der Waals surface area (Å²) in [5.41, 5.74) is 1.28. The van der Waals surface area contributed by atoms with Crippen LogP contribution in [-0.4, -0.2) is 49.1 Å². The van der Waals surface area contributed by atoms with Crippen LogP contribution in [0, 0.1) is 0 Å². The van der Waals surface area contributed by atoms with Crippen molar-refractivity contribution in [2.24, 2.45) is 0 Å². The van der Waals surface area contributed by atoms with Gasteiger partial charge in [0.2, 0.25) is 0 Å². The Balaban J connectivity index is 0.00000320. The third-order valence-corrected chi connectivity index (χ3v) is 6.78. The molecule has 0 unspecified atom stereocenters. The number of hydrogen-bond donors (Lipinski definition) is 0. The lowest BCUT2D eigenvalue weighted by Crippen LogP contribution is -2.38. The van der Waals surface area contributed by atoms with E-state index in [1.54, 1.807) is 24.1 Å². The highest BCUT2D eigenvalue weighted by Gasteiger charge is 2.23. The van der Waals surface area contributed by atoms with E-state index in [0.29, 0.717) is 33.5 Å². The second-order valence-corrected chi connectivity index (χ2v) is 8.72. The van der Waals surface area contributed by atoms with E-state index in [9.17, 15) is 4.79 Å². The number of carbonyl (C=O) groups excluding carboxylic acids is 1. The molecule has 162 valence electrons. The normalized spacial score (nSPS) is 10.9. The summed E-state index contributed by atoms with van der Waals surface area (Å²) in [5.74, 6) is 0.554. The number of ether oxygens (including phenoxy) is 1. The third-order valence-electron chi connectivity index (χ3n) is 4.75. The van der Waals surface area contributed by atoms with Gasteiger partial charge in [0.1, 0.15) is 11.3 Å². The highest BCUT2D eigenvalue weighted by atomic mass is 79.9. The number of methoxy groups -OCH3 is 1. The molecule has 2 aromatic carbocycles. The Hall–Kier alpha value is -1.38. The van der Waals surface area contributed by atoms with Crippen LogP contribution in [0.5, 0.6) is 5.75 Å². The van der Waals surface area contributed by atoms with E-state index >= 15 is 0 Å². The Morgan fingerprint density at radius 3 is 2.57 bits per heavy atom. The number of fused-ring (bicyclic) bond motifs is 1. The minimum absolute atomic E-state index is 0. The zero-order chi connectivity index (χ0) is 21.0. The highest BCUT2D eigenvalue weighted by molar-refractivity contribution is 9.10. The number of carbonyl (C=O) groups is 1. The van der Waals surface area contributed by atoms with Crippen molar-refractivity contribution in [1.29, 1.82) is 0 Å². The molecule has 0 N–H and O–H groups in total. The lowest BCUT2D eigenvalue weighted by atomic mass is 10.2. The zero-order valence-corrected chi connectivity index (χ0v) is 21.0. The minimum Gasteiger partial charge on any atom is -0.494 e. The van der Waals surface area contributed by atoms with Crippen LogP contribution in [0.4, 0.5) is 5.13 Å². The Bertz CT molecular complexity index is 1010. The van der Waals surface area contributed by atoms with Gasteiger partial charge in [-0.3, -0.25) is 9.69 Å². The topological polar surface area (TPSA) is 45.7 Å². The van der Waals surface area contributed by atoms with Gasteiger partial charge in [-0.1, -0.05) is 58.8 Å². The molecule has 0 saturated heterocycles. The van der Waals surface area contributed by atoms with Crippen LogP contribution in [0.2, 0.25) is 5.02 Å². The summed E-state index contributed by atoms with van der Waals surface area (Å²) in [5, 5.41) is 1.21. The van der Waals surface area contributed by atoms with E-state index in [-0.39, 0.29) is 18.3 Å². The fourth-order valence-electron chi connectivity index (χ4n) is 3.06. The van der Waals surface area contributed by atoms with Crippen molar-refractivity contribution in [3.05, 3.63) is 51.5 Å². The first-order valence-corrected chi connectivity index (χ1v) is 11.4. The fourth-order valence-corrected chi connectivity index (χ4v) is 4.74. The first-order valence-electron chi connectivity index (χ1n) is 9.41. The maximum absolute atomic E-state index is 13.4. The molecule has 3 aromatic rings. The van der Waals surface area contributed by atoms with Gasteiger partial charge < -0.3 is 9.64 Å². The number of halogens is 3. The van der Waals surface area contributed by atoms with E-state index in [1.165, 1.54) is 11.3 Å². The number of thiazole rings is 1. The van der Waals surface area contributed by atoms with Gasteiger partial charge in [-0.15, -0.1) is 12.4 Å². The average Bonchev–Trinajstić information content (AvgIpc) is 3.17. The summed E-state index contributed by atoms with van der Waals surface area (Å²) in [6, 6.07) is 11.0. The summed E-state index contributed by atoms with van der Waals surface area (Å²) >= 11 is 11.2. The van der Waals surface area contributed by atoms with E-state index in [1.807, 2.05) is 24.3 Å². The van der Waals surface area contributed by atoms with Crippen molar-refractivity contribution in [2.45, 2.75) is 13.8 Å². The number of rotatable bonds is 8. The summed E-state index contributed by atoms with van der Waals surface area (Å²) < 4.78 is 7.11. The molecule has 5 nitrogen and oxygen atoms in total. The molecule has 1 aromatic heterocycles. The molecule has 3 rings (SSSR count). The number of nitrogens with zero attached hydrogens (tertiary/aromatic N) is 3. The van der Waals surface area contributed by atoms with Crippen molar-refractivity contribution in [1.82, 2.24) is 9.88 Å². The van der Waals surface area contributed by atoms with Crippen LogP contribution in [0.15, 0.2) is 40.9 Å². The first-order chi connectivity index (χ1) is 14.0. The number of anilines is 1. The summed E-state index contributed by atoms with van der Waals surface area (Å²) in [6.45, 7) is 7.38. The number of likely N-dealkylation sites (N-methyl/N-ethyl adjacent to an activating group) is 1. The van der Waals surface area contributed by atoms with Crippen molar-refractivity contribution < 1.29 is 9.53 Å². The van der Waals surface area contributed by atoms with Crippen LogP contribution in [-0.2, 0) is 0 Å². The molecular formula is C21H24BrCl2N3O2S. The molecule has 0 spiro atoms. The van der Waals surface area contributed by atoms with Crippen LogP contribution in [0.25, 0.3) is 10.2 Å². The van der Waals surface area contributed by atoms with Gasteiger partial charge in [-0.2, -0.15) is 0 Å². The van der Waals surface area contributed by atoms with Gasteiger partial charge >= 0.3 is 0 Å². The third kappa shape index (κ3) is 5.45. The predicted molar refractivity (Wildman–Crippen MR) is 132 cm³/mol. The highest BCUT2D eigenvalue weighted by Crippen LogP contribution is 2.39. The molecule has 0 saturated carbocycles. The van der Waals surface area contributed by atoms with Crippen LogP contribution >= 0.6 is 51.3 Å². The van der Waals surface area contributed by atoms with Crippen LogP contribution in [0.3, 0.4) is 0 Å². The molecule has 0 aliphatic heterocycles. The molecule has 1 amide bonds. The number of amides is 1. The van der Waals surface area contributed by atoms with Gasteiger partial charge in [0.25, 0.3) is 5.91 Å². The molecule has 9 heteroatoms. The maximum atomic E-state index is 13.4. The Morgan fingerprint density at radius 2 is 1.93 bits per heavy atom. The van der Waals surface area contributed by atoms with E-state index in [4.69, 9.17) is 21.3 Å². The Morgan fingerprint density at radius 1 is 1.20 bits per heavy atom. The molecule has 0 radical (unpaired) electrons. The SMILES string of the molecule is CCN(CC)CCN(C(=O)c1cccc(Br)c1)c1nc2c(OC)ccc(Cl)c2s1.Cl. The summed E-state index contributed by atoms with van der Waals surface area (Å²) in [7, 11) is 1.60. The van der Waals surface area contributed by atoms with Gasteiger partial charge in [0.05, 0.1) is 16.8 Å². The standard InChI is InChI=1S/C21H23BrClN3O2S.ClH/c1-4-25(5-2)11-12-26(20(27)14-7-6-8-15(22)13-14)21-24-18-17(28-3)10-9-16(23)19(18)29-21;/h6-10,13H,4-5,11-12H2,1-3H3;1H. The monoisotopic (exact) mass is 531 g/mol. The summed E-state index contributed by atoms with van der Waals surface area (Å²) in [6.07, 6.45) is 0. The molecule has 0 fully saturated rings. The second kappa shape index (κ2) is 11.3. The average molecular weight is 533 g/mol. The number of benzene rings is 2. The summed E-state index contributed by atoms with van der Waals surface area (Å²) in [4.78, 5) is 22.1. The van der Waals surface area contributed by atoms with Gasteiger partial charge in [-0.05, 0) is 43.4 Å². The molecule has 0 atom stereocenters. The lowest BCUT2D eigenvalue weighted by molar-refractivity contribution is 0.0983. The van der Waals surface area contributed by atoms with Crippen molar-refractivity contribution in [3.8, 4) is 5.75 Å². The number of aromatic nitrogens is 1. The van der Waals surface area contributed by atoms with Gasteiger partial charge in [0.15, 0.2) is 5.13 Å². The minimum atomic E-state index is -0.0902. The van der Waals surface area contributed by atoms with E-state index < -0.39 is 0 Å².